The molecule has 0 radical (unpaired) electrons. The standard InChI is InChI=1S/C20H32O3/c1-8-19(5)13-12-15(21-6)17(22-7)18(19)20(9-2)16(23-20)11-10-14(3)4/h2,10,15-18H,8,11-13H2,1,3-7H3. The van der Waals surface area contributed by atoms with Gasteiger partial charge in [0.25, 0.3) is 0 Å². The molecule has 1 aliphatic carbocycles. The lowest BCUT2D eigenvalue weighted by atomic mass is 9.58. The Balaban J connectivity index is 2.34. The summed E-state index contributed by atoms with van der Waals surface area (Å²) in [5.41, 5.74) is 0.891. The van der Waals surface area contributed by atoms with Gasteiger partial charge in [-0.05, 0) is 38.5 Å². The zero-order valence-corrected chi connectivity index (χ0v) is 15.5. The van der Waals surface area contributed by atoms with Crippen LogP contribution in [0.25, 0.3) is 0 Å². The van der Waals surface area contributed by atoms with Crippen molar-refractivity contribution in [2.45, 2.75) is 77.3 Å². The van der Waals surface area contributed by atoms with Crippen LogP contribution in [-0.4, -0.2) is 38.1 Å². The minimum absolute atomic E-state index is 0.0218. The topological polar surface area (TPSA) is 31.0 Å². The van der Waals surface area contributed by atoms with E-state index in [0.29, 0.717) is 0 Å². The Morgan fingerprint density at radius 1 is 1.35 bits per heavy atom. The van der Waals surface area contributed by atoms with E-state index in [1.807, 2.05) is 0 Å². The minimum atomic E-state index is -0.519. The van der Waals surface area contributed by atoms with Crippen LogP contribution < -0.4 is 0 Å². The van der Waals surface area contributed by atoms with Crippen molar-refractivity contribution >= 4 is 0 Å². The lowest BCUT2D eigenvalue weighted by Crippen LogP contribution is -2.55. The van der Waals surface area contributed by atoms with Gasteiger partial charge in [-0.15, -0.1) is 6.42 Å². The van der Waals surface area contributed by atoms with Crippen LogP contribution in [-0.2, 0) is 14.2 Å². The van der Waals surface area contributed by atoms with Crippen LogP contribution in [0.2, 0.25) is 0 Å². The van der Waals surface area contributed by atoms with E-state index >= 15 is 0 Å². The number of terminal acetylenes is 1. The van der Waals surface area contributed by atoms with Gasteiger partial charge >= 0.3 is 0 Å². The Morgan fingerprint density at radius 3 is 2.52 bits per heavy atom. The molecule has 0 aromatic carbocycles. The molecule has 2 rings (SSSR count). The van der Waals surface area contributed by atoms with E-state index in [4.69, 9.17) is 20.6 Å². The average Bonchev–Trinajstić information content (AvgIpc) is 3.26. The highest BCUT2D eigenvalue weighted by molar-refractivity contribution is 5.30. The summed E-state index contributed by atoms with van der Waals surface area (Å²) in [6.07, 6.45) is 12.4. The maximum absolute atomic E-state index is 6.15. The normalized spacial score (nSPS) is 42.8. The summed E-state index contributed by atoms with van der Waals surface area (Å²) in [4.78, 5) is 0. The third kappa shape index (κ3) is 3.22. The monoisotopic (exact) mass is 320 g/mol. The van der Waals surface area contributed by atoms with Gasteiger partial charge in [0.2, 0.25) is 0 Å². The summed E-state index contributed by atoms with van der Waals surface area (Å²) < 4.78 is 17.7. The molecule has 1 aliphatic heterocycles. The van der Waals surface area contributed by atoms with Gasteiger partial charge in [0.05, 0.1) is 12.2 Å². The second-order valence-corrected chi connectivity index (χ2v) is 7.56. The number of epoxide rings is 1. The SMILES string of the molecule is C#CC1(C2C(OC)C(OC)CCC2(C)CC)OC1CC=C(C)C. The summed E-state index contributed by atoms with van der Waals surface area (Å²) in [6.45, 7) is 8.78. The summed E-state index contributed by atoms with van der Waals surface area (Å²) >= 11 is 0. The Kier molecular flexibility index (Phi) is 5.61. The van der Waals surface area contributed by atoms with Gasteiger partial charge in [-0.25, -0.2) is 0 Å². The molecule has 0 spiro atoms. The van der Waals surface area contributed by atoms with Crippen LogP contribution in [0.1, 0.15) is 53.4 Å². The van der Waals surface area contributed by atoms with E-state index in [9.17, 15) is 0 Å². The zero-order valence-electron chi connectivity index (χ0n) is 15.5. The van der Waals surface area contributed by atoms with Crippen molar-refractivity contribution in [2.24, 2.45) is 11.3 Å². The first-order chi connectivity index (χ1) is 10.9. The molecular weight excluding hydrogens is 288 g/mol. The van der Waals surface area contributed by atoms with E-state index < -0.39 is 5.60 Å². The van der Waals surface area contributed by atoms with Crippen LogP contribution in [0, 0.1) is 23.7 Å². The van der Waals surface area contributed by atoms with E-state index in [0.717, 1.165) is 25.7 Å². The van der Waals surface area contributed by atoms with Crippen molar-refractivity contribution < 1.29 is 14.2 Å². The first-order valence-electron chi connectivity index (χ1n) is 8.73. The van der Waals surface area contributed by atoms with Crippen LogP contribution in [0.5, 0.6) is 0 Å². The smallest absolute Gasteiger partial charge is 0.161 e. The quantitative estimate of drug-likeness (QED) is 0.421. The average molecular weight is 320 g/mol. The van der Waals surface area contributed by atoms with Gasteiger partial charge in [-0.3, -0.25) is 0 Å². The van der Waals surface area contributed by atoms with Crippen molar-refractivity contribution in [1.29, 1.82) is 0 Å². The van der Waals surface area contributed by atoms with Gasteiger partial charge < -0.3 is 14.2 Å². The molecular formula is C20H32O3. The van der Waals surface area contributed by atoms with Crippen LogP contribution in [0.4, 0.5) is 0 Å². The molecule has 0 bridgehead atoms. The summed E-state index contributed by atoms with van der Waals surface area (Å²) in [6, 6.07) is 0. The molecule has 2 fully saturated rings. The minimum Gasteiger partial charge on any atom is -0.379 e. The Labute approximate surface area is 141 Å². The molecule has 1 saturated carbocycles. The molecule has 0 N–H and O–H groups in total. The van der Waals surface area contributed by atoms with Gasteiger partial charge in [-0.2, -0.15) is 0 Å². The highest BCUT2D eigenvalue weighted by atomic mass is 16.6. The fourth-order valence-electron chi connectivity index (χ4n) is 4.36. The molecule has 3 heteroatoms. The highest BCUT2D eigenvalue weighted by Gasteiger charge is 2.67. The number of methoxy groups -OCH3 is 2. The lowest BCUT2D eigenvalue weighted by Gasteiger charge is -2.49. The fourth-order valence-corrected chi connectivity index (χ4v) is 4.36. The molecule has 1 heterocycles. The largest absolute Gasteiger partial charge is 0.379 e. The Morgan fingerprint density at radius 2 is 2.04 bits per heavy atom. The Hall–Kier alpha value is -0.820. The number of rotatable bonds is 6. The van der Waals surface area contributed by atoms with Gasteiger partial charge in [-0.1, -0.05) is 37.8 Å². The van der Waals surface area contributed by atoms with Crippen LogP contribution in [0.3, 0.4) is 0 Å². The molecule has 0 aromatic heterocycles. The highest BCUT2D eigenvalue weighted by Crippen LogP contribution is 2.58. The Bertz CT molecular complexity index is 488. The van der Waals surface area contributed by atoms with Crippen LogP contribution >= 0.6 is 0 Å². The number of hydrogen-bond acceptors (Lipinski definition) is 3. The molecule has 130 valence electrons. The van der Waals surface area contributed by atoms with Crippen LogP contribution in [0.15, 0.2) is 11.6 Å². The summed E-state index contributed by atoms with van der Waals surface area (Å²) in [7, 11) is 3.53. The second kappa shape index (κ2) is 6.97. The number of hydrogen-bond donors (Lipinski definition) is 0. The number of allylic oxidation sites excluding steroid dienone is 1. The molecule has 6 atom stereocenters. The van der Waals surface area contributed by atoms with Gasteiger partial charge in [0.1, 0.15) is 6.10 Å². The molecule has 1 saturated heterocycles. The molecule has 3 nitrogen and oxygen atoms in total. The molecule has 6 unspecified atom stereocenters. The predicted molar refractivity (Wildman–Crippen MR) is 93.2 cm³/mol. The first kappa shape index (κ1) is 18.5. The van der Waals surface area contributed by atoms with Crippen molar-refractivity contribution in [2.75, 3.05) is 14.2 Å². The van der Waals surface area contributed by atoms with E-state index in [1.165, 1.54) is 5.57 Å². The zero-order chi connectivity index (χ0) is 17.3. The maximum Gasteiger partial charge on any atom is 0.161 e. The third-order valence-electron chi connectivity index (χ3n) is 6.01. The maximum atomic E-state index is 6.15. The van der Waals surface area contributed by atoms with Crippen molar-refractivity contribution in [3.05, 3.63) is 11.6 Å². The fraction of sp³-hybridized carbons (Fsp3) is 0.800. The lowest BCUT2D eigenvalue weighted by molar-refractivity contribution is -0.143. The molecule has 2 aliphatic rings. The van der Waals surface area contributed by atoms with E-state index in [-0.39, 0.29) is 29.6 Å². The first-order valence-corrected chi connectivity index (χ1v) is 8.73. The number of ether oxygens (including phenoxy) is 3. The molecule has 23 heavy (non-hydrogen) atoms. The second-order valence-electron chi connectivity index (χ2n) is 7.56. The van der Waals surface area contributed by atoms with E-state index in [2.05, 4.69) is 39.7 Å². The predicted octanol–water partition coefficient (Wildman–Crippen LogP) is 3.97. The van der Waals surface area contributed by atoms with Crippen molar-refractivity contribution in [3.63, 3.8) is 0 Å². The third-order valence-corrected chi connectivity index (χ3v) is 6.01. The molecule has 0 amide bonds. The van der Waals surface area contributed by atoms with Crippen molar-refractivity contribution in [3.8, 4) is 12.3 Å². The van der Waals surface area contributed by atoms with Gasteiger partial charge in [0, 0.05) is 20.1 Å². The summed E-state index contributed by atoms with van der Waals surface area (Å²) in [5, 5.41) is 0. The molecule has 0 aromatic rings. The van der Waals surface area contributed by atoms with Crippen molar-refractivity contribution in [1.82, 2.24) is 0 Å². The van der Waals surface area contributed by atoms with Gasteiger partial charge in [0.15, 0.2) is 5.60 Å². The summed E-state index contributed by atoms with van der Waals surface area (Å²) in [5.74, 6) is 3.16. The van der Waals surface area contributed by atoms with E-state index in [1.54, 1.807) is 14.2 Å².